The molecule has 0 unspecified atom stereocenters. The van der Waals surface area contributed by atoms with Crippen LogP contribution in [0.3, 0.4) is 0 Å². The van der Waals surface area contributed by atoms with Crippen molar-refractivity contribution in [2.45, 2.75) is 6.61 Å². The van der Waals surface area contributed by atoms with Gasteiger partial charge >= 0.3 is 0 Å². The number of methoxy groups -OCH3 is 1. The third-order valence-corrected chi connectivity index (χ3v) is 5.23. The number of para-hydroxylation sites is 1. The number of aromatic hydroxyl groups is 1. The summed E-state index contributed by atoms with van der Waals surface area (Å²) in [6.07, 6.45) is 1.58. The van der Waals surface area contributed by atoms with Gasteiger partial charge in [0.25, 0.3) is 0 Å². The van der Waals surface area contributed by atoms with Crippen LogP contribution in [-0.2, 0) is 6.61 Å². The quantitative estimate of drug-likeness (QED) is 0.403. The number of halogens is 2. The Morgan fingerprint density at radius 1 is 1.03 bits per heavy atom. The first kappa shape index (κ1) is 21.4. The molecule has 0 amide bonds. The van der Waals surface area contributed by atoms with Crippen LogP contribution in [-0.4, -0.2) is 22.2 Å². The van der Waals surface area contributed by atoms with E-state index < -0.39 is 5.82 Å². The molecule has 0 radical (unpaired) electrons. The first-order valence-electron chi connectivity index (χ1n) is 9.63. The number of hydrogen-bond donors (Lipinski definition) is 2. The van der Waals surface area contributed by atoms with E-state index in [2.05, 4.69) is 9.97 Å². The highest BCUT2D eigenvalue weighted by Crippen LogP contribution is 2.40. The molecule has 4 rings (SSSR count). The maximum atomic E-state index is 14.0. The minimum atomic E-state index is -0.462. The molecule has 0 spiro atoms. The van der Waals surface area contributed by atoms with Crippen molar-refractivity contribution in [2.24, 2.45) is 0 Å². The number of anilines is 1. The van der Waals surface area contributed by atoms with Crippen molar-refractivity contribution in [3.63, 3.8) is 0 Å². The van der Waals surface area contributed by atoms with E-state index in [1.807, 2.05) is 24.3 Å². The molecule has 1 aromatic heterocycles. The van der Waals surface area contributed by atoms with Crippen molar-refractivity contribution in [2.75, 3.05) is 12.8 Å². The van der Waals surface area contributed by atoms with Gasteiger partial charge in [0.05, 0.1) is 17.8 Å². The van der Waals surface area contributed by atoms with Crippen molar-refractivity contribution >= 4 is 17.5 Å². The number of rotatable bonds is 6. The zero-order valence-corrected chi connectivity index (χ0v) is 17.8. The molecular formula is C24H19ClFN3O3. The third-order valence-electron chi connectivity index (χ3n) is 4.87. The fourth-order valence-corrected chi connectivity index (χ4v) is 3.51. The van der Waals surface area contributed by atoms with Gasteiger partial charge in [0.2, 0.25) is 5.95 Å². The van der Waals surface area contributed by atoms with Crippen LogP contribution >= 0.6 is 11.6 Å². The molecule has 6 nitrogen and oxygen atoms in total. The van der Waals surface area contributed by atoms with Gasteiger partial charge in [0.15, 0.2) is 0 Å². The van der Waals surface area contributed by atoms with Crippen LogP contribution in [0.25, 0.3) is 22.4 Å². The minimum Gasteiger partial charge on any atom is -0.507 e. The molecular weight excluding hydrogens is 433 g/mol. The third kappa shape index (κ3) is 4.29. The molecule has 0 atom stereocenters. The molecule has 0 saturated heterocycles. The van der Waals surface area contributed by atoms with Crippen molar-refractivity contribution in [3.05, 3.63) is 83.3 Å². The minimum absolute atomic E-state index is 0.0626. The molecule has 162 valence electrons. The first-order valence-corrected chi connectivity index (χ1v) is 10.0. The van der Waals surface area contributed by atoms with Crippen molar-refractivity contribution < 1.29 is 19.0 Å². The molecule has 0 aliphatic rings. The van der Waals surface area contributed by atoms with Crippen molar-refractivity contribution in [3.8, 4) is 39.6 Å². The largest absolute Gasteiger partial charge is 0.507 e. The van der Waals surface area contributed by atoms with Crippen LogP contribution in [0.4, 0.5) is 10.3 Å². The molecule has 0 fully saturated rings. The Hall–Kier alpha value is -3.84. The van der Waals surface area contributed by atoms with Crippen LogP contribution in [0.15, 0.2) is 66.9 Å². The molecule has 3 N–H and O–H groups in total. The van der Waals surface area contributed by atoms with E-state index in [1.54, 1.807) is 31.5 Å². The Labute approximate surface area is 189 Å². The smallest absolute Gasteiger partial charge is 0.220 e. The normalized spacial score (nSPS) is 10.7. The maximum Gasteiger partial charge on any atom is 0.220 e. The Balaban J connectivity index is 1.69. The van der Waals surface area contributed by atoms with Crippen LogP contribution < -0.4 is 15.2 Å². The maximum absolute atomic E-state index is 14.0. The van der Waals surface area contributed by atoms with E-state index >= 15 is 0 Å². The van der Waals surface area contributed by atoms with E-state index in [-0.39, 0.29) is 28.9 Å². The second-order valence-corrected chi connectivity index (χ2v) is 7.27. The fraction of sp³-hybridized carbons (Fsp3) is 0.0833. The highest BCUT2D eigenvalue weighted by Gasteiger charge is 2.18. The number of hydrogen-bond acceptors (Lipinski definition) is 6. The van der Waals surface area contributed by atoms with E-state index in [9.17, 15) is 9.50 Å². The molecule has 0 saturated carbocycles. The predicted octanol–water partition coefficient (Wildman–Crippen LogP) is 5.48. The van der Waals surface area contributed by atoms with E-state index in [0.717, 1.165) is 5.56 Å². The monoisotopic (exact) mass is 451 g/mol. The lowest BCUT2D eigenvalue weighted by atomic mass is 9.99. The molecule has 0 aliphatic carbocycles. The summed E-state index contributed by atoms with van der Waals surface area (Å²) >= 11 is 6.04. The summed E-state index contributed by atoms with van der Waals surface area (Å²) in [7, 11) is 1.57. The number of nitrogens with zero attached hydrogens (tertiary/aromatic N) is 2. The van der Waals surface area contributed by atoms with Gasteiger partial charge in [-0.15, -0.1) is 0 Å². The summed E-state index contributed by atoms with van der Waals surface area (Å²) in [4.78, 5) is 8.45. The lowest BCUT2D eigenvalue weighted by molar-refractivity contribution is 0.298. The van der Waals surface area contributed by atoms with Crippen molar-refractivity contribution in [1.82, 2.24) is 9.97 Å². The molecule has 3 aromatic carbocycles. The van der Waals surface area contributed by atoms with E-state index in [1.165, 1.54) is 18.2 Å². The van der Waals surface area contributed by atoms with Crippen LogP contribution in [0.5, 0.6) is 17.2 Å². The molecule has 0 bridgehead atoms. The summed E-state index contributed by atoms with van der Waals surface area (Å²) < 4.78 is 25.1. The van der Waals surface area contributed by atoms with Crippen LogP contribution in [0.1, 0.15) is 5.56 Å². The summed E-state index contributed by atoms with van der Waals surface area (Å²) in [5.74, 6) is 0.481. The lowest BCUT2D eigenvalue weighted by Crippen LogP contribution is -2.01. The van der Waals surface area contributed by atoms with Gasteiger partial charge in [0.1, 0.15) is 29.7 Å². The molecule has 32 heavy (non-hydrogen) atoms. The number of ether oxygens (including phenoxy) is 2. The van der Waals surface area contributed by atoms with Gasteiger partial charge < -0.3 is 20.3 Å². The Bertz CT molecular complexity index is 1260. The average molecular weight is 452 g/mol. The van der Waals surface area contributed by atoms with Crippen molar-refractivity contribution in [1.29, 1.82) is 0 Å². The van der Waals surface area contributed by atoms with E-state index in [4.69, 9.17) is 26.8 Å². The standard InChI is InChI=1S/C24H19ClFN3O3/c1-31-22-8-3-2-5-15(22)17-12-28-24(27)29-23(17)16-10-9-14(11-21(16)30)32-13-18-19(25)6-4-7-20(18)26/h2-12,30H,13H2,1H3,(H2,27,28,29). The summed E-state index contributed by atoms with van der Waals surface area (Å²) in [6.45, 7) is -0.0861. The Morgan fingerprint density at radius 3 is 2.59 bits per heavy atom. The number of nitrogen functional groups attached to an aromatic ring is 1. The summed E-state index contributed by atoms with van der Waals surface area (Å²) in [5.41, 5.74) is 8.31. The van der Waals surface area contributed by atoms with Crippen LogP contribution in [0.2, 0.25) is 5.02 Å². The molecule has 1 heterocycles. The molecule has 4 aromatic rings. The first-order chi connectivity index (χ1) is 15.5. The Kier molecular flexibility index (Phi) is 6.09. The Morgan fingerprint density at radius 2 is 1.84 bits per heavy atom. The zero-order chi connectivity index (χ0) is 22.7. The summed E-state index contributed by atoms with van der Waals surface area (Å²) in [6, 6.07) is 16.5. The summed E-state index contributed by atoms with van der Waals surface area (Å²) in [5, 5.41) is 11.0. The topological polar surface area (TPSA) is 90.5 Å². The molecule has 0 aliphatic heterocycles. The van der Waals surface area contributed by atoms with Gasteiger partial charge in [-0.2, -0.15) is 0 Å². The predicted molar refractivity (Wildman–Crippen MR) is 121 cm³/mol. The van der Waals surface area contributed by atoms with Gasteiger partial charge in [-0.05, 0) is 30.3 Å². The second-order valence-electron chi connectivity index (χ2n) is 6.86. The average Bonchev–Trinajstić information content (AvgIpc) is 2.79. The highest BCUT2D eigenvalue weighted by molar-refractivity contribution is 6.31. The SMILES string of the molecule is COc1ccccc1-c1cnc(N)nc1-c1ccc(OCc2c(F)cccc2Cl)cc1O. The van der Waals surface area contributed by atoms with Gasteiger partial charge in [-0.1, -0.05) is 35.9 Å². The van der Waals surface area contributed by atoms with Gasteiger partial charge in [-0.25, -0.2) is 14.4 Å². The van der Waals surface area contributed by atoms with Gasteiger partial charge in [0, 0.05) is 34.5 Å². The molecule has 8 heteroatoms. The number of aromatic nitrogens is 2. The van der Waals surface area contributed by atoms with E-state index in [0.29, 0.717) is 28.3 Å². The number of nitrogens with two attached hydrogens (primary N) is 1. The number of benzene rings is 3. The second kappa shape index (κ2) is 9.11. The lowest BCUT2D eigenvalue weighted by Gasteiger charge is -2.14. The zero-order valence-electron chi connectivity index (χ0n) is 17.0. The van der Waals surface area contributed by atoms with Gasteiger partial charge in [-0.3, -0.25) is 0 Å². The highest BCUT2D eigenvalue weighted by atomic mass is 35.5. The number of phenols is 1. The van der Waals surface area contributed by atoms with Crippen LogP contribution in [0, 0.1) is 5.82 Å². The fourth-order valence-electron chi connectivity index (χ4n) is 3.29. The number of phenolic OH excluding ortho intramolecular Hbond substituents is 1.